The van der Waals surface area contributed by atoms with E-state index in [-0.39, 0.29) is 12.5 Å². The molecule has 2 aromatic carbocycles. The summed E-state index contributed by atoms with van der Waals surface area (Å²) in [6, 6.07) is 9.72. The van der Waals surface area contributed by atoms with Gasteiger partial charge in [0, 0.05) is 6.54 Å². The number of hydrogen-bond acceptors (Lipinski definition) is 4. The Morgan fingerprint density at radius 2 is 1.65 bits per heavy atom. The van der Waals surface area contributed by atoms with Crippen molar-refractivity contribution >= 4 is 5.91 Å². The van der Waals surface area contributed by atoms with E-state index in [0.29, 0.717) is 24.5 Å². The van der Waals surface area contributed by atoms with Crippen molar-refractivity contribution in [2.24, 2.45) is 0 Å². The molecule has 0 unspecified atom stereocenters. The molecule has 0 aliphatic heterocycles. The second-order valence-corrected chi connectivity index (χ2v) is 6.22. The Kier molecular flexibility index (Phi) is 6.89. The van der Waals surface area contributed by atoms with E-state index in [9.17, 15) is 4.79 Å². The quantitative estimate of drug-likeness (QED) is 0.787. The van der Waals surface area contributed by atoms with Gasteiger partial charge >= 0.3 is 0 Å². The summed E-state index contributed by atoms with van der Waals surface area (Å²) in [6.45, 7) is 6.57. The highest BCUT2D eigenvalue weighted by atomic mass is 16.5. The van der Waals surface area contributed by atoms with E-state index in [1.807, 2.05) is 51.1 Å². The van der Waals surface area contributed by atoms with Crippen LogP contribution in [0.2, 0.25) is 0 Å². The molecule has 0 aliphatic rings. The van der Waals surface area contributed by atoms with E-state index in [0.717, 1.165) is 28.0 Å². The van der Waals surface area contributed by atoms with Gasteiger partial charge in [0.15, 0.2) is 18.1 Å². The molecule has 0 aliphatic carbocycles. The van der Waals surface area contributed by atoms with Crippen LogP contribution in [0.1, 0.15) is 22.3 Å². The summed E-state index contributed by atoms with van der Waals surface area (Å²) >= 11 is 0. The van der Waals surface area contributed by atoms with Gasteiger partial charge in [-0.05, 0) is 67.6 Å². The fourth-order valence-corrected chi connectivity index (χ4v) is 2.70. The molecule has 0 spiro atoms. The minimum Gasteiger partial charge on any atom is -0.493 e. The highest BCUT2D eigenvalue weighted by Crippen LogP contribution is 2.30. The van der Waals surface area contributed by atoms with E-state index in [2.05, 4.69) is 5.32 Å². The lowest BCUT2D eigenvalue weighted by molar-refractivity contribution is -0.123. The van der Waals surface area contributed by atoms with E-state index < -0.39 is 0 Å². The van der Waals surface area contributed by atoms with Crippen molar-refractivity contribution in [3.63, 3.8) is 0 Å². The van der Waals surface area contributed by atoms with Crippen LogP contribution in [0.25, 0.3) is 0 Å². The van der Waals surface area contributed by atoms with Crippen molar-refractivity contribution in [1.82, 2.24) is 5.32 Å². The normalized spacial score (nSPS) is 10.3. The van der Waals surface area contributed by atoms with Gasteiger partial charge in [-0.15, -0.1) is 0 Å². The van der Waals surface area contributed by atoms with Gasteiger partial charge in [-0.2, -0.15) is 0 Å². The van der Waals surface area contributed by atoms with Gasteiger partial charge in [-0.25, -0.2) is 0 Å². The van der Waals surface area contributed by atoms with Gasteiger partial charge in [0.2, 0.25) is 0 Å². The van der Waals surface area contributed by atoms with E-state index in [1.165, 1.54) is 0 Å². The summed E-state index contributed by atoms with van der Waals surface area (Å²) in [5, 5.41) is 2.89. The predicted molar refractivity (Wildman–Crippen MR) is 102 cm³/mol. The molecule has 0 radical (unpaired) electrons. The number of ether oxygens (including phenoxy) is 3. The molecule has 0 heterocycles. The highest BCUT2D eigenvalue weighted by Gasteiger charge is 2.10. The molecule has 0 saturated carbocycles. The first-order valence-corrected chi connectivity index (χ1v) is 8.63. The minimum atomic E-state index is -0.135. The van der Waals surface area contributed by atoms with Crippen molar-refractivity contribution in [3.8, 4) is 17.2 Å². The zero-order chi connectivity index (χ0) is 19.1. The number of aryl methyl sites for hydroxylation is 2. The summed E-state index contributed by atoms with van der Waals surface area (Å²) in [7, 11) is 3.23. The van der Waals surface area contributed by atoms with E-state index >= 15 is 0 Å². The lowest BCUT2D eigenvalue weighted by atomic mass is 10.0. The molecule has 1 N–H and O–H groups in total. The van der Waals surface area contributed by atoms with Crippen molar-refractivity contribution in [1.29, 1.82) is 0 Å². The molecule has 140 valence electrons. The molecular formula is C21H27NO4. The van der Waals surface area contributed by atoms with Gasteiger partial charge < -0.3 is 19.5 Å². The summed E-state index contributed by atoms with van der Waals surface area (Å²) in [5.74, 6) is 2.01. The second-order valence-electron chi connectivity index (χ2n) is 6.22. The molecule has 26 heavy (non-hydrogen) atoms. The average molecular weight is 357 g/mol. The molecule has 0 atom stereocenters. The topological polar surface area (TPSA) is 56.8 Å². The van der Waals surface area contributed by atoms with Crippen molar-refractivity contribution in [3.05, 3.63) is 52.6 Å². The molecule has 5 nitrogen and oxygen atoms in total. The molecule has 5 heteroatoms. The van der Waals surface area contributed by atoms with Crippen LogP contribution in [-0.4, -0.2) is 33.3 Å². The van der Waals surface area contributed by atoms with Crippen molar-refractivity contribution in [2.75, 3.05) is 27.4 Å². The van der Waals surface area contributed by atoms with Gasteiger partial charge in [0.25, 0.3) is 5.91 Å². The Morgan fingerprint density at radius 3 is 2.35 bits per heavy atom. The van der Waals surface area contributed by atoms with Crippen LogP contribution < -0.4 is 19.5 Å². The third kappa shape index (κ3) is 4.91. The molecular weight excluding hydrogens is 330 g/mol. The SMILES string of the molecule is COc1cc(C)c(CCNC(=O)COc2cccc(C)c2C)cc1OC. The molecule has 1 amide bonds. The maximum atomic E-state index is 12.0. The Balaban J connectivity index is 1.86. The van der Waals surface area contributed by atoms with Gasteiger partial charge in [0.1, 0.15) is 5.75 Å². The number of amides is 1. The lowest BCUT2D eigenvalue weighted by Gasteiger charge is -2.13. The monoisotopic (exact) mass is 357 g/mol. The third-order valence-electron chi connectivity index (χ3n) is 4.47. The first-order valence-electron chi connectivity index (χ1n) is 8.63. The predicted octanol–water partition coefficient (Wildman–Crippen LogP) is 3.37. The Morgan fingerprint density at radius 1 is 0.962 bits per heavy atom. The third-order valence-corrected chi connectivity index (χ3v) is 4.47. The largest absolute Gasteiger partial charge is 0.493 e. The van der Waals surface area contributed by atoms with Crippen LogP contribution in [0.5, 0.6) is 17.2 Å². The lowest BCUT2D eigenvalue weighted by Crippen LogP contribution is -2.30. The Hall–Kier alpha value is -2.69. The van der Waals surface area contributed by atoms with Crippen LogP contribution in [-0.2, 0) is 11.2 Å². The van der Waals surface area contributed by atoms with Gasteiger partial charge in [0.05, 0.1) is 14.2 Å². The standard InChI is InChI=1S/C21H27NO4/c1-14-7-6-8-18(16(14)3)26-13-21(23)22-10-9-17-12-20(25-5)19(24-4)11-15(17)2/h6-8,11-12H,9-10,13H2,1-5H3,(H,22,23). The summed E-state index contributed by atoms with van der Waals surface area (Å²) < 4.78 is 16.3. The second kappa shape index (κ2) is 9.13. The number of rotatable bonds is 8. The van der Waals surface area contributed by atoms with E-state index in [1.54, 1.807) is 14.2 Å². The summed E-state index contributed by atoms with van der Waals surface area (Å²) in [4.78, 5) is 12.0. The van der Waals surface area contributed by atoms with Gasteiger partial charge in [-0.1, -0.05) is 12.1 Å². The fraction of sp³-hybridized carbons (Fsp3) is 0.381. The molecule has 2 aromatic rings. The zero-order valence-electron chi connectivity index (χ0n) is 16.1. The van der Waals surface area contributed by atoms with Crippen LogP contribution in [0.15, 0.2) is 30.3 Å². The first kappa shape index (κ1) is 19.6. The number of carbonyl (C=O) groups is 1. The smallest absolute Gasteiger partial charge is 0.257 e. The first-order chi connectivity index (χ1) is 12.5. The molecule has 0 aromatic heterocycles. The number of methoxy groups -OCH3 is 2. The molecule has 0 bridgehead atoms. The van der Waals surface area contributed by atoms with Crippen LogP contribution in [0, 0.1) is 20.8 Å². The van der Waals surface area contributed by atoms with Crippen molar-refractivity contribution < 1.29 is 19.0 Å². The summed E-state index contributed by atoms with van der Waals surface area (Å²) in [5.41, 5.74) is 4.41. The van der Waals surface area contributed by atoms with Crippen LogP contribution >= 0.6 is 0 Å². The Labute approximate surface area is 155 Å². The number of benzene rings is 2. The zero-order valence-corrected chi connectivity index (χ0v) is 16.1. The number of hydrogen-bond donors (Lipinski definition) is 1. The average Bonchev–Trinajstić information content (AvgIpc) is 2.63. The fourth-order valence-electron chi connectivity index (χ4n) is 2.70. The minimum absolute atomic E-state index is 0.00914. The highest BCUT2D eigenvalue weighted by molar-refractivity contribution is 5.77. The van der Waals surface area contributed by atoms with Crippen LogP contribution in [0.4, 0.5) is 0 Å². The van der Waals surface area contributed by atoms with E-state index in [4.69, 9.17) is 14.2 Å². The van der Waals surface area contributed by atoms with Crippen molar-refractivity contribution in [2.45, 2.75) is 27.2 Å². The summed E-state index contributed by atoms with van der Waals surface area (Å²) in [6.07, 6.45) is 0.710. The molecule has 0 fully saturated rings. The number of carbonyl (C=O) groups excluding carboxylic acids is 1. The van der Waals surface area contributed by atoms with Gasteiger partial charge in [-0.3, -0.25) is 4.79 Å². The van der Waals surface area contributed by atoms with Crippen LogP contribution in [0.3, 0.4) is 0 Å². The Bertz CT molecular complexity index is 771. The maximum Gasteiger partial charge on any atom is 0.257 e. The maximum absolute atomic E-state index is 12.0. The molecule has 2 rings (SSSR count). The number of nitrogens with one attached hydrogen (secondary N) is 1. The molecule has 0 saturated heterocycles.